The number of anilines is 2. The Balaban J connectivity index is 0.734. The molecule has 350 valence electrons. The van der Waals surface area contributed by atoms with Gasteiger partial charge in [-0.25, -0.2) is 23.5 Å². The van der Waals surface area contributed by atoms with Crippen LogP contribution in [-0.4, -0.2) is 115 Å². The van der Waals surface area contributed by atoms with Gasteiger partial charge < -0.3 is 24.7 Å². The van der Waals surface area contributed by atoms with Crippen molar-refractivity contribution >= 4 is 46.2 Å². The maximum Gasteiger partial charge on any atom is 0.329 e. The van der Waals surface area contributed by atoms with Gasteiger partial charge in [0.05, 0.1) is 35.5 Å². The smallest absolute Gasteiger partial charge is 0.329 e. The minimum Gasteiger partial charge on any atom is -0.444 e. The number of nitrogens with zero attached hydrogens (tertiary/aromatic N) is 8. The molecular formula is C46H55F2N11O7. The first-order valence-corrected chi connectivity index (χ1v) is 22.8. The molecule has 0 bridgehead atoms. The molecule has 6 heterocycles. The largest absolute Gasteiger partial charge is 0.444 e. The molecule has 1 unspecified atom stereocenters. The second kappa shape index (κ2) is 19.3. The van der Waals surface area contributed by atoms with Crippen LogP contribution in [0.3, 0.4) is 0 Å². The van der Waals surface area contributed by atoms with Gasteiger partial charge in [-0.3, -0.25) is 43.2 Å². The zero-order chi connectivity index (χ0) is 46.1. The Morgan fingerprint density at radius 2 is 1.85 bits per heavy atom. The fraction of sp³-hybridized carbons (Fsp3) is 0.522. The third kappa shape index (κ3) is 9.93. The molecule has 2 saturated heterocycles. The monoisotopic (exact) mass is 911 g/mol. The summed E-state index contributed by atoms with van der Waals surface area (Å²) in [6.07, 6.45) is 7.91. The maximum absolute atomic E-state index is 14.2. The summed E-state index contributed by atoms with van der Waals surface area (Å²) >= 11 is 0. The van der Waals surface area contributed by atoms with Gasteiger partial charge in [0, 0.05) is 70.6 Å². The van der Waals surface area contributed by atoms with Crippen molar-refractivity contribution in [2.45, 2.75) is 88.8 Å². The predicted molar refractivity (Wildman–Crippen MR) is 238 cm³/mol. The highest BCUT2D eigenvalue weighted by Crippen LogP contribution is 2.36. The quantitative estimate of drug-likeness (QED) is 0.111. The molecule has 4 aliphatic rings. The van der Waals surface area contributed by atoms with Crippen molar-refractivity contribution in [1.29, 1.82) is 0 Å². The van der Waals surface area contributed by atoms with E-state index in [1.54, 1.807) is 41.9 Å². The first-order chi connectivity index (χ1) is 31.9. The van der Waals surface area contributed by atoms with Gasteiger partial charge in [-0.2, -0.15) is 5.10 Å². The Morgan fingerprint density at radius 1 is 1.03 bits per heavy atom. The second-order valence-corrected chi connectivity index (χ2v) is 18.1. The molecule has 2 aliphatic heterocycles. The molecule has 0 spiro atoms. The number of aromatic nitrogens is 6. The molecule has 4 aromatic heterocycles. The molecule has 18 nitrogen and oxygen atoms in total. The third-order valence-electron chi connectivity index (χ3n) is 13.3. The van der Waals surface area contributed by atoms with Crippen molar-refractivity contribution in [3.63, 3.8) is 0 Å². The summed E-state index contributed by atoms with van der Waals surface area (Å²) in [6, 6.07) is 8.40. The molecule has 2 atom stereocenters. The summed E-state index contributed by atoms with van der Waals surface area (Å²) in [6.45, 7) is 4.11. The summed E-state index contributed by atoms with van der Waals surface area (Å²) < 4.78 is 44.6. The van der Waals surface area contributed by atoms with E-state index < -0.39 is 30.0 Å². The second-order valence-electron chi connectivity index (χ2n) is 18.1. The number of benzene rings is 1. The molecule has 0 radical (unpaired) electrons. The molecule has 3 N–H and O–H groups in total. The molecule has 20 heteroatoms. The SMILES string of the molecule is CN(C[C@H]1CN(CCCc2ccc3c(c2)n(C)c(=O)n3C2CCC(=O)NC2=O)CCO1)C(=O)[C@H]1CC[C@H](n2cc(NC(=O)c3coc(-c4ccnc(NCC5CC5)c4)n3)c(C(F)F)n2)CC1. The highest BCUT2D eigenvalue weighted by molar-refractivity contribution is 6.03. The number of hydrogen-bond donors (Lipinski definition) is 3. The van der Waals surface area contributed by atoms with Gasteiger partial charge in [-0.15, -0.1) is 0 Å². The number of pyridine rings is 1. The van der Waals surface area contributed by atoms with Crippen molar-refractivity contribution in [2.75, 3.05) is 57.0 Å². The van der Waals surface area contributed by atoms with Crippen LogP contribution >= 0.6 is 0 Å². The number of rotatable bonds is 16. The minimum absolute atomic E-state index is 0.0246. The Hall–Kier alpha value is -6.28. The number of likely N-dealkylation sites (N-methyl/N-ethyl adjacent to an activating group) is 1. The number of ether oxygens (including phenoxy) is 1. The molecule has 4 amide bonds. The van der Waals surface area contributed by atoms with Crippen LogP contribution in [0.5, 0.6) is 0 Å². The topological polar surface area (TPSA) is 204 Å². The fourth-order valence-corrected chi connectivity index (χ4v) is 9.47. The van der Waals surface area contributed by atoms with Crippen LogP contribution in [0.4, 0.5) is 20.3 Å². The van der Waals surface area contributed by atoms with Crippen LogP contribution in [-0.2, 0) is 32.6 Å². The lowest BCUT2D eigenvalue weighted by molar-refractivity contribution is -0.138. The van der Waals surface area contributed by atoms with Crippen molar-refractivity contribution in [2.24, 2.45) is 18.9 Å². The molecule has 66 heavy (non-hydrogen) atoms. The average molecular weight is 912 g/mol. The number of nitrogens with one attached hydrogen (secondary N) is 3. The lowest BCUT2D eigenvalue weighted by Crippen LogP contribution is -2.49. The van der Waals surface area contributed by atoms with Gasteiger partial charge in [0.2, 0.25) is 23.6 Å². The number of morpholine rings is 1. The number of piperidine rings is 1. The van der Waals surface area contributed by atoms with Gasteiger partial charge in [0.1, 0.15) is 18.1 Å². The van der Waals surface area contributed by atoms with Crippen LogP contribution in [0.1, 0.15) is 98.0 Å². The van der Waals surface area contributed by atoms with E-state index in [1.807, 2.05) is 18.2 Å². The summed E-state index contributed by atoms with van der Waals surface area (Å²) in [5, 5.41) is 12.4. The van der Waals surface area contributed by atoms with Crippen molar-refractivity contribution in [1.82, 2.24) is 44.0 Å². The molecule has 9 rings (SSSR count). The lowest BCUT2D eigenvalue weighted by Gasteiger charge is -2.36. The minimum atomic E-state index is -2.93. The number of imide groups is 1. The highest BCUT2D eigenvalue weighted by Gasteiger charge is 2.34. The molecular weight excluding hydrogens is 857 g/mol. The Morgan fingerprint density at radius 3 is 2.62 bits per heavy atom. The van der Waals surface area contributed by atoms with Crippen molar-refractivity contribution < 1.29 is 37.1 Å². The van der Waals surface area contributed by atoms with Crippen LogP contribution < -0.4 is 21.6 Å². The van der Waals surface area contributed by atoms with E-state index >= 15 is 0 Å². The number of alkyl halides is 2. The Kier molecular flexibility index (Phi) is 13.1. The Labute approximate surface area is 379 Å². The van der Waals surface area contributed by atoms with Gasteiger partial charge >= 0.3 is 5.69 Å². The van der Waals surface area contributed by atoms with Gasteiger partial charge in [-0.1, -0.05) is 6.07 Å². The van der Waals surface area contributed by atoms with Crippen LogP contribution in [0.25, 0.3) is 22.5 Å². The Bertz CT molecular complexity index is 2660. The van der Waals surface area contributed by atoms with Crippen molar-refractivity contribution in [3.8, 4) is 11.5 Å². The van der Waals surface area contributed by atoms with E-state index in [9.17, 15) is 32.8 Å². The molecule has 4 fully saturated rings. The highest BCUT2D eigenvalue weighted by atomic mass is 19.3. The lowest BCUT2D eigenvalue weighted by atomic mass is 9.85. The zero-order valence-corrected chi connectivity index (χ0v) is 37.1. The summed E-state index contributed by atoms with van der Waals surface area (Å²) in [5.74, 6) is -0.168. The number of carbonyl (C=O) groups is 4. The predicted octanol–water partition coefficient (Wildman–Crippen LogP) is 5.10. The molecule has 1 aromatic carbocycles. The van der Waals surface area contributed by atoms with E-state index in [1.165, 1.54) is 34.6 Å². The van der Waals surface area contributed by atoms with E-state index in [0.717, 1.165) is 43.6 Å². The van der Waals surface area contributed by atoms with E-state index in [4.69, 9.17) is 9.15 Å². The van der Waals surface area contributed by atoms with Crippen LogP contribution in [0, 0.1) is 11.8 Å². The molecule has 2 aliphatic carbocycles. The zero-order valence-electron chi connectivity index (χ0n) is 37.1. The number of fused-ring (bicyclic) bond motifs is 1. The van der Waals surface area contributed by atoms with Crippen LogP contribution in [0.2, 0.25) is 0 Å². The number of hydrogen-bond acceptors (Lipinski definition) is 12. The van der Waals surface area contributed by atoms with Crippen LogP contribution in [0.15, 0.2) is 58.2 Å². The normalized spacial score (nSPS) is 21.6. The number of carbonyl (C=O) groups excluding carboxylic acids is 4. The molecule has 2 saturated carbocycles. The van der Waals surface area contributed by atoms with Gasteiger partial charge in [0.25, 0.3) is 12.3 Å². The van der Waals surface area contributed by atoms with Gasteiger partial charge in [-0.05, 0) is 100 Å². The maximum atomic E-state index is 14.2. The van der Waals surface area contributed by atoms with Gasteiger partial charge in [0.15, 0.2) is 11.4 Å². The number of aryl methyl sites for hydroxylation is 2. The summed E-state index contributed by atoms with van der Waals surface area (Å²) in [5.41, 5.74) is 2.07. The number of oxazole rings is 1. The first-order valence-electron chi connectivity index (χ1n) is 22.8. The fourth-order valence-electron chi connectivity index (χ4n) is 9.47. The molecule has 5 aromatic rings. The number of amides is 4. The third-order valence-corrected chi connectivity index (χ3v) is 13.3. The number of imidazole rings is 1. The summed E-state index contributed by atoms with van der Waals surface area (Å²) in [7, 11) is 3.49. The standard InChI is InChI=1S/C46H55F2N11O7/c1-55(23-32-24-57(18-19-65-32)17-3-4-27-7-12-35-37(20-27)56(2)46(64)59(35)36-13-14-39(60)53-43(36)62)45(63)29-8-10-31(11-9-29)58-25-33(40(54-58)41(47)48)51-42(61)34-26-66-44(52-34)30-15-16-49-38(21-30)50-22-28-5-6-28/h7,12,15-16,20-21,25-26,28-29,31-32,36,41H,3-6,8-11,13-14,17-19,22-24H2,1-2H3,(H,49,50)(H,51,61)(H,53,60,62)/t29-,31-,32-,36?/m0/s1. The van der Waals surface area contributed by atoms with E-state index in [0.29, 0.717) is 68.2 Å². The average Bonchev–Trinajstić information content (AvgIpc) is 3.73. The van der Waals surface area contributed by atoms with E-state index in [2.05, 4.69) is 35.9 Å². The summed E-state index contributed by atoms with van der Waals surface area (Å²) in [4.78, 5) is 77.0. The first kappa shape index (κ1) is 44.9. The number of halogens is 2. The van der Waals surface area contributed by atoms with E-state index in [-0.39, 0.29) is 65.7 Å². The van der Waals surface area contributed by atoms with Crippen molar-refractivity contribution in [3.05, 3.63) is 76.4 Å².